The fourth-order valence-electron chi connectivity index (χ4n) is 2.21. The van der Waals surface area contributed by atoms with E-state index < -0.39 is 17.9 Å². The van der Waals surface area contributed by atoms with Crippen molar-refractivity contribution in [1.82, 2.24) is 5.32 Å². The monoisotopic (exact) mass is 377 g/mol. The summed E-state index contributed by atoms with van der Waals surface area (Å²) in [4.78, 5) is 23.5. The molecule has 0 fully saturated rings. The van der Waals surface area contributed by atoms with Crippen LogP contribution >= 0.6 is 11.6 Å². The van der Waals surface area contributed by atoms with Gasteiger partial charge >= 0.3 is 5.97 Å². The van der Waals surface area contributed by atoms with Crippen molar-refractivity contribution in [1.29, 1.82) is 0 Å². The van der Waals surface area contributed by atoms with Crippen LogP contribution in [0.4, 0.5) is 0 Å². The van der Waals surface area contributed by atoms with Gasteiger partial charge in [0.25, 0.3) is 5.91 Å². The van der Waals surface area contributed by atoms with Gasteiger partial charge in [0, 0.05) is 30.7 Å². The average Bonchev–Trinajstić information content (AvgIpc) is 2.64. The van der Waals surface area contributed by atoms with Gasteiger partial charge in [-0.1, -0.05) is 29.8 Å². The molecule has 0 aromatic heterocycles. The van der Waals surface area contributed by atoms with Crippen LogP contribution in [-0.4, -0.2) is 36.7 Å². The highest BCUT2D eigenvalue weighted by atomic mass is 35.5. The summed E-state index contributed by atoms with van der Waals surface area (Å²) in [5.74, 6) is -1.08. The molecule has 2 rings (SSSR count). The predicted molar refractivity (Wildman–Crippen MR) is 97.6 cm³/mol. The maximum atomic E-state index is 12.3. The summed E-state index contributed by atoms with van der Waals surface area (Å²) >= 11 is 5.84. The van der Waals surface area contributed by atoms with E-state index in [9.17, 15) is 14.7 Å². The molecule has 1 amide bonds. The third kappa shape index (κ3) is 6.06. The van der Waals surface area contributed by atoms with Crippen molar-refractivity contribution in [3.05, 3.63) is 64.7 Å². The van der Waals surface area contributed by atoms with E-state index in [0.717, 1.165) is 5.56 Å². The van der Waals surface area contributed by atoms with E-state index in [1.165, 1.54) is 7.11 Å². The normalized spacial score (nSPS) is 11.6. The van der Waals surface area contributed by atoms with Gasteiger partial charge in [0.1, 0.15) is 18.4 Å². The van der Waals surface area contributed by atoms with Crippen molar-refractivity contribution in [3.63, 3.8) is 0 Å². The molecular weight excluding hydrogens is 358 g/mol. The Kier molecular flexibility index (Phi) is 7.44. The van der Waals surface area contributed by atoms with Crippen LogP contribution in [0.25, 0.3) is 0 Å². The first-order valence-corrected chi connectivity index (χ1v) is 8.37. The Morgan fingerprint density at radius 2 is 1.92 bits per heavy atom. The van der Waals surface area contributed by atoms with Gasteiger partial charge in [-0.15, -0.1) is 0 Å². The molecular formula is C19H20ClNO5. The molecule has 0 bridgehead atoms. The standard InChI is InChI=1S/C19H20ClNO5/c1-25-10-9-17(19(23)24)21-18(22)14-3-2-4-16(11-14)26-12-13-5-7-15(20)8-6-13/h2-8,11,17H,9-10,12H2,1H3,(H,21,22)(H,23,24). The number of rotatable bonds is 9. The Balaban J connectivity index is 1.99. The maximum absolute atomic E-state index is 12.3. The number of carboxylic acids is 1. The average molecular weight is 378 g/mol. The zero-order chi connectivity index (χ0) is 18.9. The number of hydrogen-bond acceptors (Lipinski definition) is 4. The van der Waals surface area contributed by atoms with Gasteiger partial charge in [-0.3, -0.25) is 4.79 Å². The molecule has 7 heteroatoms. The largest absolute Gasteiger partial charge is 0.489 e. The minimum atomic E-state index is -1.11. The Bertz CT molecular complexity index is 748. The van der Waals surface area contributed by atoms with Gasteiger partial charge in [-0.05, 0) is 35.9 Å². The zero-order valence-electron chi connectivity index (χ0n) is 14.3. The smallest absolute Gasteiger partial charge is 0.326 e. The van der Waals surface area contributed by atoms with E-state index >= 15 is 0 Å². The number of halogens is 1. The molecule has 0 radical (unpaired) electrons. The number of amides is 1. The molecule has 1 unspecified atom stereocenters. The topological polar surface area (TPSA) is 84.9 Å². The highest BCUT2D eigenvalue weighted by Gasteiger charge is 2.20. The van der Waals surface area contributed by atoms with Crippen molar-refractivity contribution in [2.75, 3.05) is 13.7 Å². The summed E-state index contributed by atoms with van der Waals surface area (Å²) in [6.45, 7) is 0.565. The van der Waals surface area contributed by atoms with E-state index in [1.54, 1.807) is 36.4 Å². The number of hydrogen-bond donors (Lipinski definition) is 2. The van der Waals surface area contributed by atoms with Gasteiger partial charge in [-0.25, -0.2) is 4.79 Å². The number of methoxy groups -OCH3 is 1. The molecule has 138 valence electrons. The van der Waals surface area contributed by atoms with E-state index in [4.69, 9.17) is 21.1 Å². The SMILES string of the molecule is COCCC(NC(=O)c1cccc(OCc2ccc(Cl)cc2)c1)C(=O)O. The number of nitrogens with one attached hydrogen (secondary N) is 1. The molecule has 0 heterocycles. The highest BCUT2D eigenvalue weighted by molar-refractivity contribution is 6.30. The van der Waals surface area contributed by atoms with Crippen LogP contribution in [0.15, 0.2) is 48.5 Å². The number of carbonyl (C=O) groups excluding carboxylic acids is 1. The second-order valence-electron chi connectivity index (χ2n) is 5.59. The molecule has 0 saturated heterocycles. The lowest BCUT2D eigenvalue weighted by Crippen LogP contribution is -2.41. The van der Waals surface area contributed by atoms with Gasteiger partial charge in [0.15, 0.2) is 0 Å². The van der Waals surface area contributed by atoms with E-state index in [-0.39, 0.29) is 13.0 Å². The summed E-state index contributed by atoms with van der Waals surface area (Å²) in [6.07, 6.45) is 0.185. The van der Waals surface area contributed by atoms with Gasteiger partial charge in [0.05, 0.1) is 0 Å². The number of aliphatic carboxylic acids is 1. The Labute approximate surface area is 156 Å². The molecule has 0 aliphatic carbocycles. The predicted octanol–water partition coefficient (Wildman–Crippen LogP) is 3.14. The van der Waals surface area contributed by atoms with Crippen LogP contribution in [0.1, 0.15) is 22.3 Å². The minimum Gasteiger partial charge on any atom is -0.489 e. The van der Waals surface area contributed by atoms with Crippen molar-refractivity contribution < 1.29 is 24.2 Å². The maximum Gasteiger partial charge on any atom is 0.326 e. The molecule has 0 saturated carbocycles. The molecule has 0 spiro atoms. The summed E-state index contributed by atoms with van der Waals surface area (Å²) in [7, 11) is 1.47. The summed E-state index contributed by atoms with van der Waals surface area (Å²) < 4.78 is 10.5. The fourth-order valence-corrected chi connectivity index (χ4v) is 2.34. The molecule has 26 heavy (non-hydrogen) atoms. The summed E-state index contributed by atoms with van der Waals surface area (Å²) in [5, 5.41) is 12.3. The van der Waals surface area contributed by atoms with Crippen LogP contribution in [0.5, 0.6) is 5.75 Å². The first-order valence-electron chi connectivity index (χ1n) is 7.99. The lowest BCUT2D eigenvalue weighted by Gasteiger charge is -2.14. The van der Waals surface area contributed by atoms with Crippen molar-refractivity contribution >= 4 is 23.5 Å². The lowest BCUT2D eigenvalue weighted by molar-refractivity contribution is -0.139. The number of ether oxygens (including phenoxy) is 2. The minimum absolute atomic E-state index is 0.185. The third-order valence-electron chi connectivity index (χ3n) is 3.63. The highest BCUT2D eigenvalue weighted by Crippen LogP contribution is 2.16. The zero-order valence-corrected chi connectivity index (χ0v) is 15.0. The fraction of sp³-hybridized carbons (Fsp3) is 0.263. The first-order chi connectivity index (χ1) is 12.5. The van der Waals surface area contributed by atoms with Crippen LogP contribution < -0.4 is 10.1 Å². The Morgan fingerprint density at radius 3 is 2.58 bits per heavy atom. The molecule has 1 atom stereocenters. The quantitative estimate of drug-likeness (QED) is 0.701. The van der Waals surface area contributed by atoms with Crippen molar-refractivity contribution in [3.8, 4) is 5.75 Å². The molecule has 6 nitrogen and oxygen atoms in total. The van der Waals surface area contributed by atoms with E-state index in [0.29, 0.717) is 22.9 Å². The first kappa shape index (κ1) is 19.8. The van der Waals surface area contributed by atoms with Crippen LogP contribution in [0, 0.1) is 0 Å². The van der Waals surface area contributed by atoms with Gasteiger partial charge in [0.2, 0.25) is 0 Å². The second kappa shape index (κ2) is 9.79. The van der Waals surface area contributed by atoms with Crippen LogP contribution in [0.3, 0.4) is 0 Å². The Morgan fingerprint density at radius 1 is 1.19 bits per heavy atom. The number of benzene rings is 2. The number of carbonyl (C=O) groups is 2. The lowest BCUT2D eigenvalue weighted by atomic mass is 10.1. The molecule has 0 aliphatic heterocycles. The summed E-state index contributed by atoms with van der Waals surface area (Å²) in [6, 6.07) is 12.8. The van der Waals surface area contributed by atoms with Crippen LogP contribution in [-0.2, 0) is 16.1 Å². The van der Waals surface area contributed by atoms with E-state index in [1.807, 2.05) is 12.1 Å². The molecule has 2 N–H and O–H groups in total. The van der Waals surface area contributed by atoms with E-state index in [2.05, 4.69) is 5.32 Å². The van der Waals surface area contributed by atoms with Crippen molar-refractivity contribution in [2.24, 2.45) is 0 Å². The Hall–Kier alpha value is -2.57. The molecule has 2 aromatic carbocycles. The third-order valence-corrected chi connectivity index (χ3v) is 3.88. The second-order valence-corrected chi connectivity index (χ2v) is 6.03. The van der Waals surface area contributed by atoms with Gasteiger partial charge in [-0.2, -0.15) is 0 Å². The van der Waals surface area contributed by atoms with Gasteiger partial charge < -0.3 is 19.9 Å². The van der Waals surface area contributed by atoms with Crippen molar-refractivity contribution in [2.45, 2.75) is 19.1 Å². The molecule has 0 aliphatic rings. The van der Waals surface area contributed by atoms with Crippen LogP contribution in [0.2, 0.25) is 5.02 Å². The number of carboxylic acid groups (broad SMARTS) is 1. The summed E-state index contributed by atoms with van der Waals surface area (Å²) in [5.41, 5.74) is 1.26. The molecule has 2 aromatic rings.